The smallest absolute Gasteiger partial charge is 0.245 e. The quantitative estimate of drug-likeness (QED) is 0.744. The minimum absolute atomic E-state index is 0.167. The van der Waals surface area contributed by atoms with E-state index in [-0.39, 0.29) is 11.9 Å². The number of hydrogen-bond acceptors (Lipinski definition) is 4. The molecule has 132 valence electrons. The average Bonchev–Trinajstić information content (AvgIpc) is 3.03. The van der Waals surface area contributed by atoms with Crippen LogP contribution in [0.25, 0.3) is 10.9 Å². The molecule has 3 aromatic rings. The Labute approximate surface area is 153 Å². The third-order valence-corrected chi connectivity index (χ3v) is 4.89. The van der Waals surface area contributed by atoms with Crippen LogP contribution in [0.5, 0.6) is 0 Å². The van der Waals surface area contributed by atoms with Crippen molar-refractivity contribution >= 4 is 22.6 Å². The first-order valence-electron chi connectivity index (χ1n) is 9.10. The topological polar surface area (TPSA) is 58.1 Å². The van der Waals surface area contributed by atoms with Crippen LogP contribution in [-0.2, 0) is 11.2 Å². The van der Waals surface area contributed by atoms with Gasteiger partial charge in [-0.05, 0) is 37.0 Å². The van der Waals surface area contributed by atoms with E-state index in [1.165, 1.54) is 5.56 Å². The molecule has 1 aromatic heterocycles. The number of rotatable bonds is 6. The predicted octanol–water partition coefficient (Wildman–Crippen LogP) is 3.28. The highest BCUT2D eigenvalue weighted by Crippen LogP contribution is 2.22. The van der Waals surface area contributed by atoms with E-state index < -0.39 is 0 Å². The lowest BCUT2D eigenvalue weighted by molar-refractivity contribution is -0.128. The fourth-order valence-corrected chi connectivity index (χ4v) is 3.50. The molecule has 26 heavy (non-hydrogen) atoms. The van der Waals surface area contributed by atoms with E-state index >= 15 is 0 Å². The normalized spacial score (nSPS) is 17.0. The molecule has 1 aliphatic rings. The summed E-state index contributed by atoms with van der Waals surface area (Å²) < 4.78 is 0. The van der Waals surface area contributed by atoms with E-state index in [4.69, 9.17) is 0 Å². The molecule has 1 aliphatic heterocycles. The second-order valence-electron chi connectivity index (χ2n) is 6.64. The molecule has 4 rings (SSSR count). The highest BCUT2D eigenvalue weighted by atomic mass is 16.2. The Balaban J connectivity index is 1.36. The zero-order valence-electron chi connectivity index (χ0n) is 14.6. The SMILES string of the molecule is O=C1C(Nc2ncnc3ccccc23)CCN1CCCc1ccccc1. The molecular formula is C21H22N4O. The van der Waals surface area contributed by atoms with E-state index in [1.807, 2.05) is 35.2 Å². The Hall–Kier alpha value is -2.95. The summed E-state index contributed by atoms with van der Waals surface area (Å²) in [7, 11) is 0. The van der Waals surface area contributed by atoms with Crippen LogP contribution in [0, 0.1) is 0 Å². The average molecular weight is 346 g/mol. The lowest BCUT2D eigenvalue weighted by Gasteiger charge is -2.17. The molecule has 0 aliphatic carbocycles. The number of fused-ring (bicyclic) bond motifs is 1. The largest absolute Gasteiger partial charge is 0.358 e. The van der Waals surface area contributed by atoms with Crippen LogP contribution < -0.4 is 5.32 Å². The number of anilines is 1. The van der Waals surface area contributed by atoms with Crippen molar-refractivity contribution < 1.29 is 4.79 Å². The van der Waals surface area contributed by atoms with Gasteiger partial charge < -0.3 is 10.2 Å². The van der Waals surface area contributed by atoms with Gasteiger partial charge >= 0.3 is 0 Å². The van der Waals surface area contributed by atoms with Crippen molar-refractivity contribution in [3.63, 3.8) is 0 Å². The molecule has 1 fully saturated rings. The third kappa shape index (κ3) is 3.52. The third-order valence-electron chi connectivity index (χ3n) is 4.89. The standard InChI is InChI=1S/C21H22N4O/c26-21-19(24-20-17-10-4-5-11-18(17)22-15-23-20)12-14-25(21)13-6-9-16-7-2-1-3-8-16/h1-5,7-8,10-11,15,19H,6,9,12-14H2,(H,22,23,24). The van der Waals surface area contributed by atoms with Crippen LogP contribution in [0.2, 0.25) is 0 Å². The van der Waals surface area contributed by atoms with Gasteiger partial charge in [-0.2, -0.15) is 0 Å². The van der Waals surface area contributed by atoms with Crippen molar-refractivity contribution in [1.82, 2.24) is 14.9 Å². The first-order chi connectivity index (χ1) is 12.8. The first kappa shape index (κ1) is 16.5. The molecule has 1 saturated heterocycles. The summed E-state index contributed by atoms with van der Waals surface area (Å²) in [5, 5.41) is 4.28. The van der Waals surface area contributed by atoms with Crippen LogP contribution >= 0.6 is 0 Å². The predicted molar refractivity (Wildman–Crippen MR) is 103 cm³/mol. The van der Waals surface area contributed by atoms with Crippen LogP contribution in [-0.4, -0.2) is 39.9 Å². The molecule has 0 radical (unpaired) electrons. The van der Waals surface area contributed by atoms with Gasteiger partial charge in [-0.3, -0.25) is 4.79 Å². The highest BCUT2D eigenvalue weighted by Gasteiger charge is 2.31. The van der Waals surface area contributed by atoms with Crippen LogP contribution in [0.4, 0.5) is 5.82 Å². The monoisotopic (exact) mass is 346 g/mol. The van der Waals surface area contributed by atoms with Gasteiger partial charge in [0.15, 0.2) is 0 Å². The highest BCUT2D eigenvalue weighted by molar-refractivity contribution is 5.92. The second-order valence-corrected chi connectivity index (χ2v) is 6.64. The van der Waals surface area contributed by atoms with Crippen LogP contribution in [0.3, 0.4) is 0 Å². The number of hydrogen-bond donors (Lipinski definition) is 1. The van der Waals surface area contributed by atoms with E-state index in [0.717, 1.165) is 49.1 Å². The lowest BCUT2D eigenvalue weighted by atomic mass is 10.1. The Kier molecular flexibility index (Phi) is 4.78. The molecule has 2 aromatic carbocycles. The number of aromatic nitrogens is 2. The number of carbonyl (C=O) groups excluding carboxylic acids is 1. The summed E-state index contributed by atoms with van der Waals surface area (Å²) in [6.45, 7) is 1.60. The van der Waals surface area contributed by atoms with Gasteiger partial charge in [0.1, 0.15) is 18.2 Å². The van der Waals surface area contributed by atoms with E-state index in [1.54, 1.807) is 6.33 Å². The number of amides is 1. The minimum Gasteiger partial charge on any atom is -0.358 e. The summed E-state index contributed by atoms with van der Waals surface area (Å²) in [6.07, 6.45) is 4.34. The number of aryl methyl sites for hydroxylation is 1. The zero-order chi connectivity index (χ0) is 17.8. The molecule has 2 heterocycles. The molecule has 1 unspecified atom stereocenters. The number of benzene rings is 2. The minimum atomic E-state index is -0.204. The Morgan fingerprint density at radius 1 is 1.04 bits per heavy atom. The van der Waals surface area contributed by atoms with Gasteiger partial charge in [0.2, 0.25) is 5.91 Å². The molecule has 1 N–H and O–H groups in total. The van der Waals surface area contributed by atoms with E-state index in [2.05, 4.69) is 39.6 Å². The van der Waals surface area contributed by atoms with Crippen molar-refractivity contribution in [1.29, 1.82) is 0 Å². The van der Waals surface area contributed by atoms with Gasteiger partial charge in [0, 0.05) is 18.5 Å². The maximum absolute atomic E-state index is 12.7. The Morgan fingerprint density at radius 3 is 2.73 bits per heavy atom. The summed E-state index contributed by atoms with van der Waals surface area (Å²) in [4.78, 5) is 23.3. The molecule has 0 saturated carbocycles. The van der Waals surface area contributed by atoms with E-state index in [0.29, 0.717) is 0 Å². The molecular weight excluding hydrogens is 324 g/mol. The number of carbonyl (C=O) groups is 1. The van der Waals surface area contributed by atoms with Crippen molar-refractivity contribution in [3.8, 4) is 0 Å². The molecule has 5 heteroatoms. The fraction of sp³-hybridized carbons (Fsp3) is 0.286. The van der Waals surface area contributed by atoms with Gasteiger partial charge in [-0.25, -0.2) is 9.97 Å². The van der Waals surface area contributed by atoms with Crippen molar-refractivity contribution in [3.05, 3.63) is 66.5 Å². The molecule has 0 bridgehead atoms. The number of nitrogens with zero attached hydrogens (tertiary/aromatic N) is 3. The Morgan fingerprint density at radius 2 is 1.85 bits per heavy atom. The van der Waals surface area contributed by atoms with Crippen LogP contribution in [0.1, 0.15) is 18.4 Å². The van der Waals surface area contributed by atoms with Crippen molar-refractivity contribution in [2.24, 2.45) is 0 Å². The van der Waals surface area contributed by atoms with Crippen molar-refractivity contribution in [2.75, 3.05) is 18.4 Å². The summed E-state index contributed by atoms with van der Waals surface area (Å²) >= 11 is 0. The van der Waals surface area contributed by atoms with E-state index in [9.17, 15) is 4.79 Å². The summed E-state index contributed by atoms with van der Waals surface area (Å²) in [5.74, 6) is 0.904. The Bertz CT molecular complexity index is 891. The first-order valence-corrected chi connectivity index (χ1v) is 9.10. The fourth-order valence-electron chi connectivity index (χ4n) is 3.50. The van der Waals surface area contributed by atoms with Gasteiger partial charge in [0.05, 0.1) is 5.52 Å². The summed E-state index contributed by atoms with van der Waals surface area (Å²) in [5.41, 5.74) is 2.21. The van der Waals surface area contributed by atoms with Gasteiger partial charge in [-0.15, -0.1) is 0 Å². The zero-order valence-corrected chi connectivity index (χ0v) is 14.6. The maximum atomic E-state index is 12.7. The second kappa shape index (κ2) is 7.52. The summed E-state index contributed by atoms with van der Waals surface area (Å²) in [6, 6.07) is 18.1. The van der Waals surface area contributed by atoms with Gasteiger partial charge in [0.25, 0.3) is 0 Å². The number of para-hydroxylation sites is 1. The molecule has 1 atom stereocenters. The molecule has 5 nitrogen and oxygen atoms in total. The number of nitrogens with one attached hydrogen (secondary N) is 1. The maximum Gasteiger partial charge on any atom is 0.245 e. The molecule has 1 amide bonds. The van der Waals surface area contributed by atoms with Crippen molar-refractivity contribution in [2.45, 2.75) is 25.3 Å². The van der Waals surface area contributed by atoms with Crippen LogP contribution in [0.15, 0.2) is 60.9 Å². The number of likely N-dealkylation sites (tertiary alicyclic amines) is 1. The lowest BCUT2D eigenvalue weighted by Crippen LogP contribution is -2.34. The molecule has 0 spiro atoms. The van der Waals surface area contributed by atoms with Gasteiger partial charge in [-0.1, -0.05) is 42.5 Å².